The molecule has 0 radical (unpaired) electrons. The summed E-state index contributed by atoms with van der Waals surface area (Å²) in [6, 6.07) is 3.74. The zero-order valence-electron chi connectivity index (χ0n) is 9.94. The van der Waals surface area contributed by atoms with Crippen molar-refractivity contribution < 1.29 is 4.74 Å². The van der Waals surface area contributed by atoms with Crippen LogP contribution in [0.3, 0.4) is 0 Å². The first-order chi connectivity index (χ1) is 7.72. The summed E-state index contributed by atoms with van der Waals surface area (Å²) >= 11 is 0. The zero-order chi connectivity index (χ0) is 11.8. The molecule has 0 fully saturated rings. The maximum atomic E-state index is 5.58. The third-order valence-corrected chi connectivity index (χ3v) is 2.28. The Morgan fingerprint density at radius 3 is 3.00 bits per heavy atom. The van der Waals surface area contributed by atoms with E-state index in [0.717, 1.165) is 31.9 Å². The summed E-state index contributed by atoms with van der Waals surface area (Å²) in [5.74, 6) is 0.540. The summed E-state index contributed by atoms with van der Waals surface area (Å²) in [5.41, 5.74) is 6.58. The van der Waals surface area contributed by atoms with Crippen molar-refractivity contribution in [2.75, 3.05) is 51.4 Å². The van der Waals surface area contributed by atoms with Crippen LogP contribution in [0.5, 0.6) is 0 Å². The van der Waals surface area contributed by atoms with E-state index in [2.05, 4.69) is 22.2 Å². The highest BCUT2D eigenvalue weighted by Gasteiger charge is 1.97. The number of nitrogens with zero attached hydrogens (tertiary/aromatic N) is 2. The molecule has 0 saturated carbocycles. The second-order valence-electron chi connectivity index (χ2n) is 3.69. The van der Waals surface area contributed by atoms with Crippen molar-refractivity contribution >= 4 is 11.5 Å². The summed E-state index contributed by atoms with van der Waals surface area (Å²) in [6.45, 7) is 3.55. The summed E-state index contributed by atoms with van der Waals surface area (Å²) in [7, 11) is 3.79. The van der Waals surface area contributed by atoms with Crippen molar-refractivity contribution in [1.82, 2.24) is 9.88 Å². The third kappa shape index (κ3) is 4.95. The quantitative estimate of drug-likeness (QED) is 0.712. The summed E-state index contributed by atoms with van der Waals surface area (Å²) in [5, 5.41) is 3.29. The number of aromatic nitrogens is 1. The van der Waals surface area contributed by atoms with Crippen LogP contribution in [0.1, 0.15) is 0 Å². The Hall–Kier alpha value is -1.33. The second-order valence-corrected chi connectivity index (χ2v) is 3.69. The van der Waals surface area contributed by atoms with E-state index >= 15 is 0 Å². The molecule has 0 amide bonds. The number of anilines is 2. The van der Waals surface area contributed by atoms with Crippen LogP contribution in [0.25, 0.3) is 0 Å². The highest BCUT2D eigenvalue weighted by molar-refractivity contribution is 5.49. The second kappa shape index (κ2) is 7.03. The Bertz CT molecular complexity index is 306. The lowest BCUT2D eigenvalue weighted by Gasteiger charge is -2.16. The van der Waals surface area contributed by atoms with Gasteiger partial charge < -0.3 is 20.7 Å². The predicted octanol–water partition coefficient (Wildman–Crippen LogP) is 0.654. The normalized spacial score (nSPS) is 10.7. The van der Waals surface area contributed by atoms with Crippen molar-refractivity contribution in [3.05, 3.63) is 18.3 Å². The lowest BCUT2D eigenvalue weighted by molar-refractivity contribution is 0.163. The van der Waals surface area contributed by atoms with Crippen molar-refractivity contribution in [2.45, 2.75) is 0 Å². The maximum absolute atomic E-state index is 5.58. The molecule has 90 valence electrons. The topological polar surface area (TPSA) is 63.4 Å². The van der Waals surface area contributed by atoms with E-state index in [0.29, 0.717) is 5.82 Å². The van der Waals surface area contributed by atoms with Gasteiger partial charge in [-0.25, -0.2) is 4.98 Å². The number of likely N-dealkylation sites (N-methyl/N-ethyl adjacent to an activating group) is 1. The summed E-state index contributed by atoms with van der Waals surface area (Å²) < 4.78 is 5.01. The molecule has 5 nitrogen and oxygen atoms in total. The van der Waals surface area contributed by atoms with Crippen LogP contribution in [0.15, 0.2) is 18.3 Å². The van der Waals surface area contributed by atoms with Gasteiger partial charge in [-0.1, -0.05) is 0 Å². The first-order valence-electron chi connectivity index (χ1n) is 5.35. The molecule has 0 spiro atoms. The molecule has 0 aromatic carbocycles. The van der Waals surface area contributed by atoms with Crippen LogP contribution >= 0.6 is 0 Å². The van der Waals surface area contributed by atoms with E-state index in [4.69, 9.17) is 10.5 Å². The third-order valence-electron chi connectivity index (χ3n) is 2.28. The number of methoxy groups -OCH3 is 1. The molecule has 1 rings (SSSR count). The molecule has 1 aromatic heterocycles. The maximum Gasteiger partial charge on any atom is 0.125 e. The number of hydrogen-bond acceptors (Lipinski definition) is 5. The number of hydrogen-bond donors (Lipinski definition) is 2. The standard InChI is InChI=1S/C11H20N4O/c1-15(7-8-16-2)6-5-13-10-3-4-14-11(12)9-10/h3-4,9H,5-8H2,1-2H3,(H3,12,13,14). The minimum atomic E-state index is 0.540. The summed E-state index contributed by atoms with van der Waals surface area (Å²) in [6.07, 6.45) is 1.70. The van der Waals surface area contributed by atoms with Crippen molar-refractivity contribution in [1.29, 1.82) is 0 Å². The fourth-order valence-corrected chi connectivity index (χ4v) is 1.31. The first-order valence-corrected chi connectivity index (χ1v) is 5.35. The molecule has 0 aliphatic rings. The van der Waals surface area contributed by atoms with E-state index in [-0.39, 0.29) is 0 Å². The molecule has 1 aromatic rings. The number of nitrogens with one attached hydrogen (secondary N) is 1. The van der Waals surface area contributed by atoms with Gasteiger partial charge in [0.15, 0.2) is 0 Å². The molecule has 3 N–H and O–H groups in total. The molecule has 5 heteroatoms. The van der Waals surface area contributed by atoms with Crippen LogP contribution in [0.2, 0.25) is 0 Å². The zero-order valence-corrected chi connectivity index (χ0v) is 9.94. The molecule has 0 unspecified atom stereocenters. The number of nitrogens with two attached hydrogens (primary N) is 1. The molecule has 0 aliphatic heterocycles. The van der Waals surface area contributed by atoms with E-state index < -0.39 is 0 Å². The Kier molecular flexibility index (Phi) is 5.60. The minimum absolute atomic E-state index is 0.540. The van der Waals surface area contributed by atoms with Gasteiger partial charge in [-0.05, 0) is 13.1 Å². The van der Waals surface area contributed by atoms with Crippen molar-refractivity contribution in [3.63, 3.8) is 0 Å². The lowest BCUT2D eigenvalue weighted by Crippen LogP contribution is -2.28. The Morgan fingerprint density at radius 2 is 2.31 bits per heavy atom. The Balaban J connectivity index is 2.20. The van der Waals surface area contributed by atoms with Crippen molar-refractivity contribution in [2.24, 2.45) is 0 Å². The summed E-state index contributed by atoms with van der Waals surface area (Å²) in [4.78, 5) is 6.14. The molecule has 0 bridgehead atoms. The van der Waals surface area contributed by atoms with Gasteiger partial charge in [0, 0.05) is 44.7 Å². The van der Waals surface area contributed by atoms with E-state index in [1.807, 2.05) is 12.1 Å². The molecule has 1 heterocycles. The largest absolute Gasteiger partial charge is 0.384 e. The van der Waals surface area contributed by atoms with Crippen LogP contribution < -0.4 is 11.1 Å². The van der Waals surface area contributed by atoms with Gasteiger partial charge in [-0.3, -0.25) is 0 Å². The highest BCUT2D eigenvalue weighted by atomic mass is 16.5. The lowest BCUT2D eigenvalue weighted by atomic mass is 10.4. The van der Waals surface area contributed by atoms with Gasteiger partial charge in [-0.15, -0.1) is 0 Å². The van der Waals surface area contributed by atoms with Gasteiger partial charge in [-0.2, -0.15) is 0 Å². The number of ether oxygens (including phenoxy) is 1. The molecule has 0 aliphatic carbocycles. The molecule has 0 atom stereocenters. The predicted molar refractivity (Wildman–Crippen MR) is 66.5 cm³/mol. The number of nitrogen functional groups attached to an aromatic ring is 1. The highest BCUT2D eigenvalue weighted by Crippen LogP contribution is 2.07. The fourth-order valence-electron chi connectivity index (χ4n) is 1.31. The average Bonchev–Trinajstić information content (AvgIpc) is 2.26. The van der Waals surface area contributed by atoms with E-state index in [9.17, 15) is 0 Å². The van der Waals surface area contributed by atoms with Crippen LogP contribution in [0.4, 0.5) is 11.5 Å². The Labute approximate surface area is 96.6 Å². The van der Waals surface area contributed by atoms with E-state index in [1.54, 1.807) is 13.3 Å². The van der Waals surface area contributed by atoms with Crippen molar-refractivity contribution in [3.8, 4) is 0 Å². The van der Waals surface area contributed by atoms with Crippen LogP contribution in [0, 0.1) is 0 Å². The van der Waals surface area contributed by atoms with Gasteiger partial charge >= 0.3 is 0 Å². The Morgan fingerprint density at radius 1 is 1.50 bits per heavy atom. The minimum Gasteiger partial charge on any atom is -0.384 e. The van der Waals surface area contributed by atoms with E-state index in [1.165, 1.54) is 0 Å². The number of rotatable bonds is 7. The average molecular weight is 224 g/mol. The van der Waals surface area contributed by atoms with Gasteiger partial charge in [0.2, 0.25) is 0 Å². The number of pyridine rings is 1. The molecular formula is C11H20N4O. The fraction of sp³-hybridized carbons (Fsp3) is 0.545. The molecule has 16 heavy (non-hydrogen) atoms. The smallest absolute Gasteiger partial charge is 0.125 e. The molecular weight excluding hydrogens is 204 g/mol. The molecule has 0 saturated heterocycles. The van der Waals surface area contributed by atoms with Gasteiger partial charge in [0.05, 0.1) is 6.61 Å². The monoisotopic (exact) mass is 224 g/mol. The SMILES string of the molecule is COCCN(C)CCNc1ccnc(N)c1. The first kappa shape index (κ1) is 12.7. The van der Waals surface area contributed by atoms with Gasteiger partial charge in [0.1, 0.15) is 5.82 Å². The van der Waals surface area contributed by atoms with Crippen LogP contribution in [-0.2, 0) is 4.74 Å². The van der Waals surface area contributed by atoms with Gasteiger partial charge in [0.25, 0.3) is 0 Å². The van der Waals surface area contributed by atoms with Crippen LogP contribution in [-0.4, -0.2) is 50.3 Å².